The lowest BCUT2D eigenvalue weighted by Gasteiger charge is -2.16. The molecule has 30 heavy (non-hydrogen) atoms. The molecule has 0 heterocycles. The van der Waals surface area contributed by atoms with Gasteiger partial charge < -0.3 is 14.8 Å². The van der Waals surface area contributed by atoms with Crippen molar-refractivity contribution in [3.63, 3.8) is 0 Å². The molecule has 1 unspecified atom stereocenters. The molecule has 0 bridgehead atoms. The molecule has 0 aliphatic heterocycles. The van der Waals surface area contributed by atoms with E-state index in [1.54, 1.807) is 43.3 Å². The number of carbonyl (C=O) groups excluding carboxylic acids is 4. The van der Waals surface area contributed by atoms with Crippen LogP contribution in [0.4, 0.5) is 0 Å². The highest BCUT2D eigenvalue weighted by Crippen LogP contribution is 2.14. The summed E-state index contributed by atoms with van der Waals surface area (Å²) < 4.78 is 10.6. The van der Waals surface area contributed by atoms with Crippen molar-refractivity contribution in [3.05, 3.63) is 76.3 Å². The molecule has 2 rings (SSSR count). The number of halogens is 1. The smallest absolute Gasteiger partial charge is 0.332 e. The largest absolute Gasteiger partial charge is 0.465 e. The summed E-state index contributed by atoms with van der Waals surface area (Å²) in [7, 11) is 0. The summed E-state index contributed by atoms with van der Waals surface area (Å²) in [6.07, 6.45) is 0.865. The summed E-state index contributed by atoms with van der Waals surface area (Å²) >= 11 is 3.26. The quantitative estimate of drug-likeness (QED) is 0.260. The van der Waals surface area contributed by atoms with Crippen molar-refractivity contribution >= 4 is 45.6 Å². The first kappa shape index (κ1) is 23.0. The Bertz CT molecular complexity index is 924. The van der Waals surface area contributed by atoms with E-state index >= 15 is 0 Å². The van der Waals surface area contributed by atoms with Crippen LogP contribution in [0, 0.1) is 0 Å². The zero-order valence-electron chi connectivity index (χ0n) is 16.2. The van der Waals surface area contributed by atoms with Gasteiger partial charge in [-0.2, -0.15) is 0 Å². The van der Waals surface area contributed by atoms with Gasteiger partial charge in [0.15, 0.2) is 0 Å². The Morgan fingerprint density at radius 1 is 1.03 bits per heavy atom. The molecule has 1 N–H and O–H groups in total. The summed E-state index contributed by atoms with van der Waals surface area (Å²) in [5, 5.41) is 2.26. The van der Waals surface area contributed by atoms with Crippen molar-refractivity contribution in [2.24, 2.45) is 0 Å². The van der Waals surface area contributed by atoms with E-state index in [2.05, 4.69) is 21.2 Å². The SMILES string of the molecule is CCOC(=O)CNC(=O)C(OC(=O)/C=C/c1ccccc1)C(=O)c1ccc(Br)cc1. The van der Waals surface area contributed by atoms with E-state index in [0.717, 1.165) is 16.1 Å². The number of hydrogen-bond donors (Lipinski definition) is 1. The van der Waals surface area contributed by atoms with Gasteiger partial charge in [0, 0.05) is 16.1 Å². The number of carbonyl (C=O) groups is 4. The number of Topliss-reactive ketones (excluding diaryl/α,β-unsaturated/α-hetero) is 1. The maximum Gasteiger partial charge on any atom is 0.332 e. The van der Waals surface area contributed by atoms with Gasteiger partial charge in [-0.1, -0.05) is 58.4 Å². The van der Waals surface area contributed by atoms with Gasteiger partial charge in [-0.25, -0.2) is 4.79 Å². The first-order valence-electron chi connectivity index (χ1n) is 9.07. The van der Waals surface area contributed by atoms with Gasteiger partial charge in [0.1, 0.15) is 6.54 Å². The second-order valence-corrected chi connectivity index (χ2v) is 6.87. The number of esters is 2. The molecular weight excluding hydrogens is 454 g/mol. The Balaban J connectivity index is 2.15. The lowest BCUT2D eigenvalue weighted by Crippen LogP contribution is -2.44. The van der Waals surface area contributed by atoms with Gasteiger partial charge in [0.2, 0.25) is 11.9 Å². The molecule has 0 aliphatic carbocycles. The van der Waals surface area contributed by atoms with Crippen LogP contribution in [0.25, 0.3) is 6.08 Å². The topological polar surface area (TPSA) is 98.8 Å². The lowest BCUT2D eigenvalue weighted by atomic mass is 10.1. The highest BCUT2D eigenvalue weighted by atomic mass is 79.9. The minimum atomic E-state index is -1.76. The van der Waals surface area contributed by atoms with E-state index in [0.29, 0.717) is 0 Å². The Morgan fingerprint density at radius 2 is 1.70 bits per heavy atom. The van der Waals surface area contributed by atoms with Gasteiger partial charge in [0.05, 0.1) is 6.61 Å². The van der Waals surface area contributed by atoms with Crippen molar-refractivity contribution in [1.82, 2.24) is 5.32 Å². The number of hydrogen-bond acceptors (Lipinski definition) is 6. The van der Waals surface area contributed by atoms with E-state index in [4.69, 9.17) is 9.47 Å². The number of nitrogens with one attached hydrogen (secondary N) is 1. The fourth-order valence-corrected chi connectivity index (χ4v) is 2.60. The third kappa shape index (κ3) is 7.29. The highest BCUT2D eigenvalue weighted by molar-refractivity contribution is 9.10. The van der Waals surface area contributed by atoms with Crippen LogP contribution in [0.1, 0.15) is 22.8 Å². The van der Waals surface area contributed by atoms with Gasteiger partial charge in [-0.05, 0) is 30.7 Å². The zero-order chi connectivity index (χ0) is 21.9. The number of benzene rings is 2. The first-order chi connectivity index (χ1) is 14.4. The third-order valence-corrected chi connectivity index (χ3v) is 4.29. The molecule has 1 atom stereocenters. The van der Waals surface area contributed by atoms with Crippen molar-refractivity contribution in [2.45, 2.75) is 13.0 Å². The average molecular weight is 474 g/mol. The molecule has 0 saturated carbocycles. The van der Waals surface area contributed by atoms with E-state index in [9.17, 15) is 19.2 Å². The zero-order valence-corrected chi connectivity index (χ0v) is 17.8. The minimum Gasteiger partial charge on any atom is -0.465 e. The first-order valence-corrected chi connectivity index (χ1v) is 9.87. The van der Waals surface area contributed by atoms with Crippen molar-refractivity contribution in [3.8, 4) is 0 Å². The predicted molar refractivity (Wildman–Crippen MR) is 113 cm³/mol. The maximum absolute atomic E-state index is 12.8. The van der Waals surface area contributed by atoms with Crippen LogP contribution in [0.3, 0.4) is 0 Å². The molecule has 156 valence electrons. The molecule has 0 aliphatic rings. The highest BCUT2D eigenvalue weighted by Gasteiger charge is 2.31. The normalized spacial score (nSPS) is 11.5. The Hall–Kier alpha value is -3.26. The minimum absolute atomic E-state index is 0.148. The number of ketones is 1. The van der Waals surface area contributed by atoms with Gasteiger partial charge in [-0.3, -0.25) is 14.4 Å². The molecule has 2 aromatic carbocycles. The summed E-state index contributed by atoms with van der Waals surface area (Å²) in [6, 6.07) is 15.2. The van der Waals surface area contributed by atoms with Gasteiger partial charge in [-0.15, -0.1) is 0 Å². The Morgan fingerprint density at radius 3 is 2.33 bits per heavy atom. The van der Waals surface area contributed by atoms with Crippen molar-refractivity contribution < 1.29 is 28.7 Å². The molecule has 1 amide bonds. The summed E-state index contributed by atoms with van der Waals surface area (Å²) in [4.78, 5) is 49.0. The molecular formula is C22H20BrNO6. The average Bonchev–Trinajstić information content (AvgIpc) is 2.75. The standard InChI is InChI=1S/C22H20BrNO6/c1-2-29-19(26)14-24-22(28)21(20(27)16-9-11-17(23)12-10-16)30-18(25)13-8-15-6-4-3-5-7-15/h3-13,21H,2,14H2,1H3,(H,24,28)/b13-8+. The second kappa shape index (κ2) is 11.7. The molecule has 0 radical (unpaired) electrons. The second-order valence-electron chi connectivity index (χ2n) is 5.95. The molecule has 0 saturated heterocycles. The summed E-state index contributed by atoms with van der Waals surface area (Å²) in [5.41, 5.74) is 0.923. The molecule has 0 spiro atoms. The predicted octanol–water partition coefficient (Wildman–Crippen LogP) is 2.94. The maximum atomic E-state index is 12.8. The lowest BCUT2D eigenvalue weighted by molar-refractivity contribution is -0.149. The number of ether oxygens (including phenoxy) is 2. The van der Waals surface area contributed by atoms with Gasteiger partial charge in [0.25, 0.3) is 5.91 Å². The van der Waals surface area contributed by atoms with Crippen LogP contribution in [0.15, 0.2) is 65.1 Å². The van der Waals surface area contributed by atoms with E-state index in [1.807, 2.05) is 6.07 Å². The van der Waals surface area contributed by atoms with E-state index in [1.165, 1.54) is 18.2 Å². The summed E-state index contributed by atoms with van der Waals surface area (Å²) in [6.45, 7) is 1.32. The number of amides is 1. The number of rotatable bonds is 9. The Labute approximate surface area is 182 Å². The molecule has 0 aromatic heterocycles. The van der Waals surface area contributed by atoms with Crippen molar-refractivity contribution in [2.75, 3.05) is 13.2 Å². The van der Waals surface area contributed by atoms with Gasteiger partial charge >= 0.3 is 11.9 Å². The van der Waals surface area contributed by atoms with Crippen LogP contribution in [-0.2, 0) is 23.9 Å². The van der Waals surface area contributed by atoms with E-state index < -0.39 is 36.3 Å². The molecule has 2 aromatic rings. The Kier molecular flexibility index (Phi) is 8.96. The summed E-state index contributed by atoms with van der Waals surface area (Å²) in [5.74, 6) is -3.18. The fraction of sp³-hybridized carbons (Fsp3) is 0.182. The monoisotopic (exact) mass is 473 g/mol. The van der Waals surface area contributed by atoms with Crippen LogP contribution >= 0.6 is 15.9 Å². The third-order valence-electron chi connectivity index (χ3n) is 3.76. The molecule has 7 nitrogen and oxygen atoms in total. The van der Waals surface area contributed by atoms with Crippen LogP contribution in [0.2, 0.25) is 0 Å². The van der Waals surface area contributed by atoms with E-state index in [-0.39, 0.29) is 12.2 Å². The van der Waals surface area contributed by atoms with Crippen LogP contribution in [0.5, 0.6) is 0 Å². The van der Waals surface area contributed by atoms with Crippen molar-refractivity contribution in [1.29, 1.82) is 0 Å². The van der Waals surface area contributed by atoms with Crippen LogP contribution in [-0.4, -0.2) is 42.9 Å². The van der Waals surface area contributed by atoms with Crippen LogP contribution < -0.4 is 5.32 Å². The fourth-order valence-electron chi connectivity index (χ4n) is 2.34. The molecule has 8 heteroatoms. The molecule has 0 fully saturated rings.